The molecule has 2 N–H and O–H groups in total. The van der Waals surface area contributed by atoms with Gasteiger partial charge in [-0.2, -0.15) is 0 Å². The van der Waals surface area contributed by atoms with Gasteiger partial charge in [-0.05, 0) is 25.5 Å². The number of para-hydroxylation sites is 1. The maximum absolute atomic E-state index is 11.6. The van der Waals surface area contributed by atoms with E-state index in [0.717, 1.165) is 17.7 Å². The van der Waals surface area contributed by atoms with Crippen LogP contribution in [0.4, 0.5) is 0 Å². The Morgan fingerprint density at radius 3 is 2.77 bits per heavy atom. The number of piperidine rings is 1. The molecule has 1 aromatic rings. The van der Waals surface area contributed by atoms with Crippen molar-refractivity contribution >= 4 is 5.97 Å². The highest BCUT2D eigenvalue weighted by molar-refractivity contribution is 5.75. The van der Waals surface area contributed by atoms with Gasteiger partial charge in [0, 0.05) is 18.7 Å². The molecule has 0 amide bonds. The van der Waals surface area contributed by atoms with Crippen LogP contribution in [0.5, 0.6) is 5.75 Å². The molecule has 1 aliphatic heterocycles. The van der Waals surface area contributed by atoms with E-state index in [0.29, 0.717) is 32.5 Å². The van der Waals surface area contributed by atoms with Crippen molar-refractivity contribution in [2.75, 3.05) is 20.2 Å². The van der Waals surface area contributed by atoms with E-state index in [1.807, 2.05) is 31.2 Å². The minimum atomic E-state index is -0.994. The molecule has 5 heteroatoms. The Kier molecular flexibility index (Phi) is 5.42. The molecule has 1 aromatic carbocycles. The van der Waals surface area contributed by atoms with Gasteiger partial charge < -0.3 is 14.9 Å². The molecule has 22 heavy (non-hydrogen) atoms. The minimum absolute atomic E-state index is 0.379. The van der Waals surface area contributed by atoms with Gasteiger partial charge in [-0.1, -0.05) is 31.5 Å². The van der Waals surface area contributed by atoms with Gasteiger partial charge in [0.15, 0.2) is 0 Å². The van der Waals surface area contributed by atoms with E-state index in [1.165, 1.54) is 0 Å². The van der Waals surface area contributed by atoms with Gasteiger partial charge in [0.25, 0.3) is 0 Å². The molecule has 1 fully saturated rings. The lowest BCUT2D eigenvalue weighted by atomic mass is 9.73. The Labute approximate surface area is 131 Å². The van der Waals surface area contributed by atoms with Crippen molar-refractivity contribution in [3.05, 3.63) is 29.8 Å². The number of ether oxygens (including phenoxy) is 1. The van der Waals surface area contributed by atoms with Gasteiger partial charge in [0.1, 0.15) is 5.75 Å². The summed E-state index contributed by atoms with van der Waals surface area (Å²) in [6.07, 6.45) is 0.919. The van der Waals surface area contributed by atoms with Crippen molar-refractivity contribution in [2.24, 2.45) is 5.41 Å². The fourth-order valence-electron chi connectivity index (χ4n) is 3.35. The number of carboxylic acids is 1. The highest BCUT2D eigenvalue weighted by Crippen LogP contribution is 2.37. The Bertz CT molecular complexity index is 519. The first-order valence-corrected chi connectivity index (χ1v) is 7.79. The molecular formula is C17H25NO4. The zero-order chi connectivity index (χ0) is 16.2. The normalized spacial score (nSPS) is 25.9. The number of β-amino-alcohol motifs (C(OH)–C–C–N with tert-alkyl or cyclic N) is 1. The topological polar surface area (TPSA) is 70.0 Å². The van der Waals surface area contributed by atoms with Crippen molar-refractivity contribution < 1.29 is 19.7 Å². The van der Waals surface area contributed by atoms with Gasteiger partial charge in [-0.3, -0.25) is 9.69 Å². The highest BCUT2D eigenvalue weighted by Gasteiger charge is 2.47. The number of hydrogen-bond donors (Lipinski definition) is 2. The summed E-state index contributed by atoms with van der Waals surface area (Å²) in [7, 11) is 1.64. The minimum Gasteiger partial charge on any atom is -0.496 e. The first-order valence-electron chi connectivity index (χ1n) is 7.79. The molecule has 0 aliphatic carbocycles. The lowest BCUT2D eigenvalue weighted by Crippen LogP contribution is -2.54. The molecule has 1 heterocycles. The molecule has 0 spiro atoms. The molecule has 1 unspecified atom stereocenters. The number of aliphatic hydroxyl groups is 1. The Morgan fingerprint density at radius 2 is 2.18 bits per heavy atom. The van der Waals surface area contributed by atoms with E-state index in [-0.39, 0.29) is 0 Å². The van der Waals surface area contributed by atoms with Crippen molar-refractivity contribution in [1.29, 1.82) is 0 Å². The fraction of sp³-hybridized carbons (Fsp3) is 0.588. The van der Waals surface area contributed by atoms with Gasteiger partial charge in [-0.15, -0.1) is 0 Å². The Balaban J connectivity index is 2.08. The quantitative estimate of drug-likeness (QED) is 0.842. The number of carboxylic acid groups (broad SMARTS) is 1. The highest BCUT2D eigenvalue weighted by atomic mass is 16.5. The third-order valence-electron chi connectivity index (χ3n) is 4.65. The fourth-order valence-corrected chi connectivity index (χ4v) is 3.35. The number of carbonyl (C=O) groups is 1. The summed E-state index contributed by atoms with van der Waals surface area (Å²) in [4.78, 5) is 13.7. The first kappa shape index (κ1) is 16.8. The molecule has 122 valence electrons. The maximum Gasteiger partial charge on any atom is 0.312 e. The zero-order valence-corrected chi connectivity index (χ0v) is 13.3. The molecule has 1 aliphatic rings. The summed E-state index contributed by atoms with van der Waals surface area (Å²) in [6.45, 7) is 3.66. The maximum atomic E-state index is 11.6. The van der Waals surface area contributed by atoms with Crippen LogP contribution in [0, 0.1) is 5.41 Å². The molecule has 2 atom stereocenters. The van der Waals surface area contributed by atoms with Gasteiger partial charge in [0.2, 0.25) is 0 Å². The van der Waals surface area contributed by atoms with E-state index in [9.17, 15) is 15.0 Å². The van der Waals surface area contributed by atoms with Gasteiger partial charge in [-0.25, -0.2) is 0 Å². The summed E-state index contributed by atoms with van der Waals surface area (Å²) < 4.78 is 5.35. The number of nitrogens with zero attached hydrogens (tertiary/aromatic N) is 1. The Morgan fingerprint density at radius 1 is 1.45 bits per heavy atom. The van der Waals surface area contributed by atoms with Crippen molar-refractivity contribution in [3.63, 3.8) is 0 Å². The average molecular weight is 307 g/mol. The molecule has 0 radical (unpaired) electrons. The zero-order valence-electron chi connectivity index (χ0n) is 13.3. The monoisotopic (exact) mass is 307 g/mol. The number of rotatable bonds is 6. The standard InChI is InChI=1S/C17H25NO4/c1-3-8-17(16(20)21)9-10-18(12-15(17)19)11-13-6-4-5-7-14(13)22-2/h4-7,15,19H,3,8-12H2,1-2H3,(H,20,21)/t15?,17-/m0/s1. The van der Waals surface area contributed by atoms with Gasteiger partial charge in [0.05, 0.1) is 18.6 Å². The van der Waals surface area contributed by atoms with Crippen LogP contribution in [0.25, 0.3) is 0 Å². The summed E-state index contributed by atoms with van der Waals surface area (Å²) in [5, 5.41) is 20.0. The van der Waals surface area contributed by atoms with E-state index in [2.05, 4.69) is 4.90 Å². The van der Waals surface area contributed by atoms with E-state index >= 15 is 0 Å². The molecule has 0 saturated carbocycles. The number of benzene rings is 1. The average Bonchev–Trinajstić information content (AvgIpc) is 2.50. The van der Waals surface area contributed by atoms with Crippen LogP contribution < -0.4 is 4.74 Å². The lowest BCUT2D eigenvalue weighted by molar-refractivity contribution is -0.164. The van der Waals surface area contributed by atoms with Crippen LogP contribution in [0.3, 0.4) is 0 Å². The van der Waals surface area contributed by atoms with Crippen molar-refractivity contribution in [2.45, 2.75) is 38.8 Å². The number of aliphatic carboxylic acids is 1. The molecule has 0 bridgehead atoms. The van der Waals surface area contributed by atoms with Crippen LogP contribution in [-0.2, 0) is 11.3 Å². The summed E-state index contributed by atoms with van der Waals surface area (Å²) >= 11 is 0. The van der Waals surface area contributed by atoms with E-state index in [4.69, 9.17) is 4.74 Å². The molecule has 5 nitrogen and oxygen atoms in total. The summed E-state index contributed by atoms with van der Waals surface area (Å²) in [5.74, 6) is -0.0561. The van der Waals surface area contributed by atoms with Crippen molar-refractivity contribution in [1.82, 2.24) is 4.90 Å². The van der Waals surface area contributed by atoms with Crippen LogP contribution in [-0.4, -0.2) is 47.4 Å². The SMILES string of the molecule is CCC[C@]1(C(=O)O)CCN(Cc2ccccc2OC)CC1O. The van der Waals surface area contributed by atoms with E-state index < -0.39 is 17.5 Å². The largest absolute Gasteiger partial charge is 0.496 e. The number of hydrogen-bond acceptors (Lipinski definition) is 4. The molecule has 1 saturated heterocycles. The van der Waals surface area contributed by atoms with Gasteiger partial charge >= 0.3 is 5.97 Å². The smallest absolute Gasteiger partial charge is 0.312 e. The number of likely N-dealkylation sites (tertiary alicyclic amines) is 1. The summed E-state index contributed by atoms with van der Waals surface area (Å²) in [6, 6.07) is 7.78. The predicted molar refractivity (Wildman–Crippen MR) is 83.9 cm³/mol. The summed E-state index contributed by atoms with van der Waals surface area (Å²) in [5.41, 5.74) is 0.0574. The van der Waals surface area contributed by atoms with Crippen LogP contribution in [0.2, 0.25) is 0 Å². The predicted octanol–water partition coefficient (Wildman–Crippen LogP) is 2.13. The van der Waals surface area contributed by atoms with Crippen LogP contribution in [0.15, 0.2) is 24.3 Å². The van der Waals surface area contributed by atoms with Crippen LogP contribution in [0.1, 0.15) is 31.7 Å². The first-order chi connectivity index (χ1) is 10.5. The second kappa shape index (κ2) is 7.11. The molecule has 2 rings (SSSR count). The number of aliphatic hydroxyl groups excluding tert-OH is 1. The number of methoxy groups -OCH3 is 1. The lowest BCUT2D eigenvalue weighted by Gasteiger charge is -2.42. The van der Waals surface area contributed by atoms with Crippen LogP contribution >= 0.6 is 0 Å². The third kappa shape index (κ3) is 3.25. The molecule has 0 aromatic heterocycles. The Hall–Kier alpha value is -1.59. The second-order valence-corrected chi connectivity index (χ2v) is 6.02. The second-order valence-electron chi connectivity index (χ2n) is 6.02. The van der Waals surface area contributed by atoms with E-state index in [1.54, 1.807) is 7.11 Å². The molecular weight excluding hydrogens is 282 g/mol. The third-order valence-corrected chi connectivity index (χ3v) is 4.65. The van der Waals surface area contributed by atoms with Crippen molar-refractivity contribution in [3.8, 4) is 5.75 Å².